The number of ether oxygens (including phenoxy) is 3. The van der Waals surface area contributed by atoms with E-state index in [4.69, 9.17) is 25.8 Å². The van der Waals surface area contributed by atoms with Gasteiger partial charge in [-0.15, -0.1) is 11.6 Å². The molecule has 0 radical (unpaired) electrons. The Morgan fingerprint density at radius 3 is 2.25 bits per heavy atom. The summed E-state index contributed by atoms with van der Waals surface area (Å²) >= 11 is 5.55. The number of benzene rings is 1. The van der Waals surface area contributed by atoms with E-state index in [1.165, 1.54) is 0 Å². The minimum atomic E-state index is -0.0394. The first kappa shape index (κ1) is 16.4. The zero-order chi connectivity index (χ0) is 15.0. The minimum absolute atomic E-state index is 0.0394. The topological polar surface area (TPSA) is 56.8 Å². The number of nitrogens with one attached hydrogen (secondary N) is 1. The summed E-state index contributed by atoms with van der Waals surface area (Å²) in [6, 6.07) is 3.53. The van der Waals surface area contributed by atoms with Crippen molar-refractivity contribution in [3.63, 3.8) is 0 Å². The van der Waals surface area contributed by atoms with Crippen LogP contribution in [0, 0.1) is 0 Å². The Labute approximate surface area is 124 Å². The van der Waals surface area contributed by atoms with Gasteiger partial charge in [0, 0.05) is 30.5 Å². The fourth-order valence-corrected chi connectivity index (χ4v) is 1.87. The molecule has 0 spiro atoms. The summed E-state index contributed by atoms with van der Waals surface area (Å²) in [6.45, 7) is 0.366. The molecule has 0 aliphatic carbocycles. The molecule has 6 heteroatoms. The fraction of sp³-hybridized carbons (Fsp3) is 0.500. The predicted octanol–water partition coefficient (Wildman–Crippen LogP) is 2.35. The molecule has 1 N–H and O–H groups in total. The first-order valence-corrected chi connectivity index (χ1v) is 6.81. The van der Waals surface area contributed by atoms with Crippen LogP contribution >= 0.6 is 11.6 Å². The zero-order valence-corrected chi connectivity index (χ0v) is 12.8. The molecule has 1 aromatic rings. The Kier molecular flexibility index (Phi) is 7.01. The summed E-state index contributed by atoms with van der Waals surface area (Å²) in [6.07, 6.45) is 1.08. The highest BCUT2D eigenvalue weighted by atomic mass is 35.5. The number of methoxy groups -OCH3 is 3. The van der Waals surface area contributed by atoms with Gasteiger partial charge in [0.25, 0.3) is 0 Å². The number of hydrogen-bond acceptors (Lipinski definition) is 4. The quantitative estimate of drug-likeness (QED) is 0.749. The first-order chi connectivity index (χ1) is 9.65. The number of rotatable bonds is 8. The molecule has 1 amide bonds. The molecule has 0 aromatic heterocycles. The van der Waals surface area contributed by atoms with Crippen molar-refractivity contribution in [2.24, 2.45) is 0 Å². The lowest BCUT2D eigenvalue weighted by Gasteiger charge is -2.14. The second kappa shape index (κ2) is 8.53. The van der Waals surface area contributed by atoms with Crippen LogP contribution in [0.25, 0.3) is 0 Å². The van der Waals surface area contributed by atoms with Crippen LogP contribution in [0.3, 0.4) is 0 Å². The third-order valence-corrected chi connectivity index (χ3v) is 3.07. The van der Waals surface area contributed by atoms with Crippen molar-refractivity contribution in [3.8, 4) is 17.2 Å². The van der Waals surface area contributed by atoms with Gasteiger partial charge in [-0.25, -0.2) is 0 Å². The molecule has 1 rings (SSSR count). The number of amides is 1. The van der Waals surface area contributed by atoms with Gasteiger partial charge in [0.2, 0.25) is 5.91 Å². The lowest BCUT2D eigenvalue weighted by molar-refractivity contribution is -0.121. The molecule has 0 atom stereocenters. The van der Waals surface area contributed by atoms with E-state index in [-0.39, 0.29) is 5.91 Å². The smallest absolute Gasteiger partial charge is 0.220 e. The van der Waals surface area contributed by atoms with Gasteiger partial charge in [-0.1, -0.05) is 0 Å². The van der Waals surface area contributed by atoms with E-state index in [0.717, 1.165) is 5.56 Å². The lowest BCUT2D eigenvalue weighted by Crippen LogP contribution is -2.22. The highest BCUT2D eigenvalue weighted by Gasteiger charge is 2.12. The molecule has 0 heterocycles. The van der Waals surface area contributed by atoms with Crippen molar-refractivity contribution in [2.75, 3.05) is 27.2 Å². The molecule has 0 fully saturated rings. The second-order valence-corrected chi connectivity index (χ2v) is 4.47. The average molecular weight is 302 g/mol. The lowest BCUT2D eigenvalue weighted by atomic mass is 10.1. The Hall–Kier alpha value is -1.62. The van der Waals surface area contributed by atoms with Crippen LogP contribution in [0.1, 0.15) is 18.4 Å². The van der Waals surface area contributed by atoms with Gasteiger partial charge < -0.3 is 19.5 Å². The molecule has 0 unspecified atom stereocenters. The molecule has 112 valence electrons. The zero-order valence-electron chi connectivity index (χ0n) is 12.0. The standard InChI is InChI=1S/C14H20ClNO4/c1-18-11-8-13(20-3)12(19-2)7-10(11)9-16-14(17)5-4-6-15/h7-8H,4-6,9H2,1-3H3,(H,16,17). The van der Waals surface area contributed by atoms with Crippen LogP contribution in [0.15, 0.2) is 12.1 Å². The molecule has 20 heavy (non-hydrogen) atoms. The minimum Gasteiger partial charge on any atom is -0.496 e. The third-order valence-electron chi connectivity index (χ3n) is 2.80. The van der Waals surface area contributed by atoms with Crippen molar-refractivity contribution in [3.05, 3.63) is 17.7 Å². The molecule has 0 aliphatic heterocycles. The summed E-state index contributed by atoms with van der Waals surface area (Å²) < 4.78 is 15.7. The number of carbonyl (C=O) groups excluding carboxylic acids is 1. The third kappa shape index (κ3) is 4.49. The number of halogens is 1. The summed E-state index contributed by atoms with van der Waals surface area (Å²) in [5, 5.41) is 2.82. The molecule has 0 aliphatic rings. The maximum atomic E-state index is 11.6. The summed E-state index contributed by atoms with van der Waals surface area (Å²) in [7, 11) is 4.69. The van der Waals surface area contributed by atoms with Gasteiger partial charge in [-0.05, 0) is 12.5 Å². The molecular weight excluding hydrogens is 282 g/mol. The number of hydrogen-bond donors (Lipinski definition) is 1. The van der Waals surface area contributed by atoms with Crippen LogP contribution in [0.2, 0.25) is 0 Å². The SMILES string of the molecule is COc1cc(OC)c(OC)cc1CNC(=O)CCCCl. The Morgan fingerprint density at radius 2 is 1.70 bits per heavy atom. The molecule has 0 bridgehead atoms. The average Bonchev–Trinajstić information content (AvgIpc) is 2.49. The molecular formula is C14H20ClNO4. The van der Waals surface area contributed by atoms with E-state index >= 15 is 0 Å². The van der Waals surface area contributed by atoms with E-state index < -0.39 is 0 Å². The number of alkyl halides is 1. The van der Waals surface area contributed by atoms with E-state index in [1.807, 2.05) is 0 Å². The van der Waals surface area contributed by atoms with Crippen molar-refractivity contribution in [1.82, 2.24) is 5.32 Å². The van der Waals surface area contributed by atoms with Gasteiger partial charge in [0.1, 0.15) is 5.75 Å². The molecule has 5 nitrogen and oxygen atoms in total. The second-order valence-electron chi connectivity index (χ2n) is 4.09. The van der Waals surface area contributed by atoms with E-state index in [1.54, 1.807) is 33.5 Å². The van der Waals surface area contributed by atoms with Crippen LogP contribution in [-0.2, 0) is 11.3 Å². The largest absolute Gasteiger partial charge is 0.496 e. The number of carbonyl (C=O) groups is 1. The summed E-state index contributed by atoms with van der Waals surface area (Å²) in [5.41, 5.74) is 0.823. The predicted molar refractivity (Wildman–Crippen MR) is 77.9 cm³/mol. The first-order valence-electron chi connectivity index (χ1n) is 6.27. The summed E-state index contributed by atoms with van der Waals surface area (Å²) in [4.78, 5) is 11.6. The fourth-order valence-electron chi connectivity index (χ4n) is 1.74. The Morgan fingerprint density at radius 1 is 1.10 bits per heavy atom. The van der Waals surface area contributed by atoms with Gasteiger partial charge in [0.15, 0.2) is 11.5 Å². The van der Waals surface area contributed by atoms with Crippen LogP contribution in [-0.4, -0.2) is 33.1 Å². The van der Waals surface area contributed by atoms with Gasteiger partial charge >= 0.3 is 0 Å². The Balaban J connectivity index is 2.80. The van der Waals surface area contributed by atoms with Crippen LogP contribution < -0.4 is 19.5 Å². The van der Waals surface area contributed by atoms with Gasteiger partial charge in [0.05, 0.1) is 21.3 Å². The monoisotopic (exact) mass is 301 g/mol. The maximum absolute atomic E-state index is 11.6. The summed E-state index contributed by atoms with van der Waals surface area (Å²) in [5.74, 6) is 2.26. The van der Waals surface area contributed by atoms with Crippen molar-refractivity contribution >= 4 is 17.5 Å². The van der Waals surface area contributed by atoms with E-state index in [9.17, 15) is 4.79 Å². The molecule has 1 aromatic carbocycles. The Bertz CT molecular complexity index is 451. The van der Waals surface area contributed by atoms with Crippen molar-refractivity contribution < 1.29 is 19.0 Å². The van der Waals surface area contributed by atoms with Crippen molar-refractivity contribution in [1.29, 1.82) is 0 Å². The van der Waals surface area contributed by atoms with Crippen LogP contribution in [0.4, 0.5) is 0 Å². The highest BCUT2D eigenvalue weighted by Crippen LogP contribution is 2.34. The van der Waals surface area contributed by atoms with Crippen molar-refractivity contribution in [2.45, 2.75) is 19.4 Å². The van der Waals surface area contributed by atoms with E-state index in [0.29, 0.717) is 42.5 Å². The normalized spacial score (nSPS) is 10.0. The van der Waals surface area contributed by atoms with Gasteiger partial charge in [-0.3, -0.25) is 4.79 Å². The maximum Gasteiger partial charge on any atom is 0.220 e. The van der Waals surface area contributed by atoms with E-state index in [2.05, 4.69) is 5.32 Å². The molecule has 0 saturated carbocycles. The van der Waals surface area contributed by atoms with Crippen LogP contribution in [0.5, 0.6) is 17.2 Å². The van der Waals surface area contributed by atoms with Gasteiger partial charge in [-0.2, -0.15) is 0 Å². The highest BCUT2D eigenvalue weighted by molar-refractivity contribution is 6.17. The molecule has 0 saturated heterocycles.